The fourth-order valence-corrected chi connectivity index (χ4v) is 0.798. The van der Waals surface area contributed by atoms with Gasteiger partial charge in [-0.3, -0.25) is 0 Å². The summed E-state index contributed by atoms with van der Waals surface area (Å²) < 4.78 is 21.0. The van der Waals surface area contributed by atoms with E-state index in [1.807, 2.05) is 0 Å². The number of nitrogens with two attached hydrogens (primary N) is 1. The third kappa shape index (κ3) is 1.44. The maximum atomic E-state index is 10.5. The summed E-state index contributed by atoms with van der Waals surface area (Å²) in [5, 5.41) is 4.47. The van der Waals surface area contributed by atoms with Crippen molar-refractivity contribution in [1.29, 1.82) is 0 Å². The zero-order valence-corrected chi connectivity index (χ0v) is 5.67. The molecular weight excluding hydrogens is 154 g/mol. The van der Waals surface area contributed by atoms with Crippen LogP contribution in [-0.4, -0.2) is 19.7 Å². The molecule has 1 rings (SSSR count). The lowest BCUT2D eigenvalue weighted by Gasteiger charge is -1.88. The van der Waals surface area contributed by atoms with Crippen LogP contribution in [0.1, 0.15) is 0 Å². The van der Waals surface area contributed by atoms with Crippen molar-refractivity contribution in [2.75, 3.05) is 0 Å². The topological polar surface area (TPSA) is 84.9 Å². The van der Waals surface area contributed by atoms with Crippen molar-refractivity contribution in [3.63, 3.8) is 0 Å². The van der Waals surface area contributed by atoms with Gasteiger partial charge in [0.1, 0.15) is 0 Å². The van der Waals surface area contributed by atoms with Crippen molar-refractivity contribution in [1.82, 2.24) is 0 Å². The lowest BCUT2D eigenvalue weighted by molar-refractivity contribution is 0.609. The van der Waals surface area contributed by atoms with Crippen LogP contribution in [0.5, 0.6) is 0 Å². The number of nitrogens with zero attached hydrogens (tertiary/aromatic N) is 2. The molecule has 1 aliphatic heterocycles. The Bertz CT molecular complexity index is 311. The summed E-state index contributed by atoms with van der Waals surface area (Å²) in [6.07, 6.45) is 4.50. The summed E-state index contributed by atoms with van der Waals surface area (Å²) in [6, 6.07) is 0. The van der Waals surface area contributed by atoms with Gasteiger partial charge in [0.25, 0.3) is 15.1 Å². The van der Waals surface area contributed by atoms with Crippen LogP contribution in [0.15, 0.2) is 16.2 Å². The Kier molecular flexibility index (Phi) is 1.58. The molecule has 0 amide bonds. The van der Waals surface area contributed by atoms with E-state index in [-0.39, 0.29) is 5.04 Å². The van der Waals surface area contributed by atoms with Crippen molar-refractivity contribution in [2.24, 2.45) is 15.1 Å². The zero-order valence-electron chi connectivity index (χ0n) is 4.85. The first-order valence-electron chi connectivity index (χ1n) is 2.31. The number of sulfonamides is 1. The number of rotatable bonds is 0. The van der Waals surface area contributed by atoms with Crippen molar-refractivity contribution in [3.05, 3.63) is 12.4 Å². The SMILES string of the molecule is NS(=O)(=O)C1=NC=[C+]N=C1. The van der Waals surface area contributed by atoms with Crippen LogP contribution in [0.2, 0.25) is 0 Å². The number of primary sulfonamides is 1. The molecule has 0 aromatic heterocycles. The maximum absolute atomic E-state index is 10.5. The number of aliphatic imine (C=N–C) groups is 2. The molecule has 0 bridgehead atoms. The van der Waals surface area contributed by atoms with E-state index in [0.717, 1.165) is 12.4 Å². The summed E-state index contributed by atoms with van der Waals surface area (Å²) in [5.74, 6) is 0. The van der Waals surface area contributed by atoms with Crippen LogP contribution < -0.4 is 5.14 Å². The lowest BCUT2D eigenvalue weighted by atomic mass is 10.7. The monoisotopic (exact) mass is 158 g/mol. The Balaban J connectivity index is 3.08. The van der Waals surface area contributed by atoms with E-state index < -0.39 is 10.0 Å². The van der Waals surface area contributed by atoms with Gasteiger partial charge in [0.15, 0.2) is 6.20 Å². The van der Waals surface area contributed by atoms with Crippen LogP contribution in [-0.2, 0) is 10.0 Å². The highest BCUT2D eigenvalue weighted by Gasteiger charge is 2.17. The third-order valence-corrected chi connectivity index (χ3v) is 1.58. The maximum Gasteiger partial charge on any atom is 0.277 e. The van der Waals surface area contributed by atoms with E-state index >= 15 is 0 Å². The highest BCUT2D eigenvalue weighted by Crippen LogP contribution is 1.90. The second-order valence-electron chi connectivity index (χ2n) is 1.53. The molecule has 52 valence electrons. The predicted octanol–water partition coefficient (Wildman–Crippen LogP) is -0.968. The van der Waals surface area contributed by atoms with Gasteiger partial charge in [-0.15, -0.1) is 0 Å². The van der Waals surface area contributed by atoms with Crippen molar-refractivity contribution in [3.8, 4) is 0 Å². The normalized spacial score (nSPS) is 16.3. The van der Waals surface area contributed by atoms with E-state index in [4.69, 9.17) is 5.14 Å². The minimum Gasteiger partial charge on any atom is -0.222 e. The molecular formula is C4H4N3O2S+. The highest BCUT2D eigenvalue weighted by atomic mass is 32.2. The summed E-state index contributed by atoms with van der Waals surface area (Å²) in [7, 11) is -3.70. The van der Waals surface area contributed by atoms with Gasteiger partial charge in [0.2, 0.25) is 12.4 Å². The molecule has 1 aliphatic rings. The van der Waals surface area contributed by atoms with Crippen LogP contribution >= 0.6 is 0 Å². The molecule has 0 aromatic carbocycles. The minimum atomic E-state index is -3.70. The quantitative estimate of drug-likeness (QED) is 0.460. The second-order valence-corrected chi connectivity index (χ2v) is 3.04. The third-order valence-electron chi connectivity index (χ3n) is 0.791. The van der Waals surface area contributed by atoms with Gasteiger partial charge in [0.05, 0.1) is 0 Å². The van der Waals surface area contributed by atoms with Gasteiger partial charge < -0.3 is 0 Å². The Hall–Kier alpha value is -1.10. The molecule has 0 spiro atoms. The van der Waals surface area contributed by atoms with Gasteiger partial charge in [-0.1, -0.05) is 0 Å². The molecule has 0 unspecified atom stereocenters. The predicted molar refractivity (Wildman–Crippen MR) is 36.8 cm³/mol. The Morgan fingerprint density at radius 3 is 2.60 bits per heavy atom. The fourth-order valence-electron chi connectivity index (χ4n) is 0.399. The average Bonchev–Trinajstić information content (AvgIpc) is 1.88. The number of hydrogen-bond acceptors (Lipinski definition) is 4. The van der Waals surface area contributed by atoms with Gasteiger partial charge in [-0.05, 0) is 4.99 Å². The van der Waals surface area contributed by atoms with E-state index in [9.17, 15) is 8.42 Å². The molecule has 2 N–H and O–H groups in total. The molecule has 6 heteroatoms. The van der Waals surface area contributed by atoms with Crippen LogP contribution in [0, 0.1) is 6.20 Å². The average molecular weight is 158 g/mol. The molecule has 5 nitrogen and oxygen atoms in total. The molecule has 0 saturated carbocycles. The second kappa shape index (κ2) is 2.26. The molecule has 0 atom stereocenters. The summed E-state index contributed by atoms with van der Waals surface area (Å²) in [6.45, 7) is 0. The van der Waals surface area contributed by atoms with Crippen LogP contribution in [0.3, 0.4) is 0 Å². The molecule has 0 fully saturated rings. The first-order valence-corrected chi connectivity index (χ1v) is 3.86. The molecule has 1 heterocycles. The van der Waals surface area contributed by atoms with Crippen LogP contribution in [0.25, 0.3) is 0 Å². The van der Waals surface area contributed by atoms with Crippen molar-refractivity contribution in [2.45, 2.75) is 0 Å². The Morgan fingerprint density at radius 2 is 2.30 bits per heavy atom. The van der Waals surface area contributed by atoms with Gasteiger partial charge >= 0.3 is 0 Å². The summed E-state index contributed by atoms with van der Waals surface area (Å²) in [4.78, 5) is 6.82. The van der Waals surface area contributed by atoms with E-state index in [0.29, 0.717) is 0 Å². The Labute approximate surface area is 58.0 Å². The highest BCUT2D eigenvalue weighted by molar-refractivity contribution is 8.06. The van der Waals surface area contributed by atoms with Crippen molar-refractivity contribution < 1.29 is 8.42 Å². The Morgan fingerprint density at radius 1 is 1.60 bits per heavy atom. The molecule has 0 radical (unpaired) electrons. The molecule has 0 aromatic rings. The van der Waals surface area contributed by atoms with E-state index in [2.05, 4.69) is 16.2 Å². The zero-order chi connectivity index (χ0) is 7.61. The van der Waals surface area contributed by atoms with E-state index in [1.54, 1.807) is 0 Å². The smallest absolute Gasteiger partial charge is 0.222 e. The molecule has 10 heavy (non-hydrogen) atoms. The largest absolute Gasteiger partial charge is 0.277 e. The number of hydrogen-bond donors (Lipinski definition) is 1. The van der Waals surface area contributed by atoms with Crippen LogP contribution in [0.4, 0.5) is 0 Å². The van der Waals surface area contributed by atoms with Gasteiger partial charge in [0, 0.05) is 0 Å². The standard InChI is InChI=1S/C4H4N3O2S/c5-10(8,9)4-3-6-1-2-7-4/h2-3H,(H2,5,8,9)/q+1. The van der Waals surface area contributed by atoms with Gasteiger partial charge in [-0.2, -0.15) is 4.99 Å². The fraction of sp³-hybridized carbons (Fsp3) is 0. The van der Waals surface area contributed by atoms with E-state index in [1.165, 1.54) is 0 Å². The first-order chi connectivity index (χ1) is 4.61. The van der Waals surface area contributed by atoms with Crippen molar-refractivity contribution >= 4 is 21.3 Å². The lowest BCUT2D eigenvalue weighted by Crippen LogP contribution is -2.24. The van der Waals surface area contributed by atoms with Gasteiger partial charge in [-0.25, -0.2) is 13.6 Å². The molecule has 0 saturated heterocycles. The minimum absolute atomic E-state index is 0.244. The first kappa shape index (κ1) is 7.01. The summed E-state index contributed by atoms with van der Waals surface area (Å²) in [5.41, 5.74) is 0. The summed E-state index contributed by atoms with van der Waals surface area (Å²) >= 11 is 0. The molecule has 0 aliphatic carbocycles.